The molecule has 0 nitrogen and oxygen atoms in total. The summed E-state index contributed by atoms with van der Waals surface area (Å²) in [4.78, 5) is 0. The maximum absolute atomic E-state index is 2.27. The standard InChI is InChI=1S/C22H20/c1-15-13-14-16(2)20-19(15)21(17-9-5-3-6-10-17)22(20)18-11-7-4-8-12-18/h3-14,21-22H,1-2H3/t21-,22+. The quantitative estimate of drug-likeness (QED) is 0.576. The van der Waals surface area contributed by atoms with Crippen LogP contribution in [0.4, 0.5) is 0 Å². The molecule has 0 aromatic heterocycles. The summed E-state index contributed by atoms with van der Waals surface area (Å²) in [7, 11) is 0. The summed E-state index contributed by atoms with van der Waals surface area (Å²) < 4.78 is 0. The Morgan fingerprint density at radius 3 is 1.23 bits per heavy atom. The zero-order chi connectivity index (χ0) is 15.1. The van der Waals surface area contributed by atoms with Crippen molar-refractivity contribution in [2.75, 3.05) is 0 Å². The van der Waals surface area contributed by atoms with Crippen LogP contribution in [-0.4, -0.2) is 0 Å². The van der Waals surface area contributed by atoms with Gasteiger partial charge in [0.25, 0.3) is 0 Å². The Morgan fingerprint density at radius 1 is 0.500 bits per heavy atom. The Kier molecular flexibility index (Phi) is 3.11. The predicted molar refractivity (Wildman–Crippen MR) is 92.5 cm³/mol. The molecule has 3 aromatic carbocycles. The van der Waals surface area contributed by atoms with Gasteiger partial charge in [0, 0.05) is 11.8 Å². The lowest BCUT2D eigenvalue weighted by Crippen LogP contribution is -2.28. The Labute approximate surface area is 132 Å². The van der Waals surface area contributed by atoms with Crippen LogP contribution >= 0.6 is 0 Å². The van der Waals surface area contributed by atoms with Crippen LogP contribution < -0.4 is 0 Å². The zero-order valence-corrected chi connectivity index (χ0v) is 13.1. The number of hydrogen-bond donors (Lipinski definition) is 0. The van der Waals surface area contributed by atoms with Gasteiger partial charge in [-0.15, -0.1) is 0 Å². The molecule has 0 N–H and O–H groups in total. The summed E-state index contributed by atoms with van der Waals surface area (Å²) in [5.74, 6) is 0.969. The maximum Gasteiger partial charge on any atom is 0.0205 e. The first-order valence-corrected chi connectivity index (χ1v) is 7.97. The van der Waals surface area contributed by atoms with Crippen molar-refractivity contribution < 1.29 is 0 Å². The monoisotopic (exact) mass is 284 g/mol. The SMILES string of the molecule is Cc1ccc(C)c2c1[C@@H](c1ccccc1)[C@H]2c1ccccc1. The first kappa shape index (κ1) is 13.3. The molecule has 2 atom stereocenters. The molecule has 0 heterocycles. The Bertz CT molecular complexity index is 730. The van der Waals surface area contributed by atoms with E-state index in [1.165, 1.54) is 22.3 Å². The molecule has 4 rings (SSSR count). The number of fused-ring (bicyclic) bond motifs is 1. The first-order valence-electron chi connectivity index (χ1n) is 7.97. The van der Waals surface area contributed by atoms with E-state index in [1.807, 2.05) is 0 Å². The van der Waals surface area contributed by atoms with Gasteiger partial charge in [0.15, 0.2) is 0 Å². The molecule has 0 saturated carbocycles. The molecule has 0 unspecified atom stereocenters. The molecule has 0 saturated heterocycles. The number of benzene rings is 3. The average molecular weight is 284 g/mol. The van der Waals surface area contributed by atoms with Crippen molar-refractivity contribution in [3.05, 3.63) is 106 Å². The molecular weight excluding hydrogens is 264 g/mol. The molecule has 1 aliphatic rings. The third-order valence-corrected chi connectivity index (χ3v) is 5.00. The molecule has 3 aromatic rings. The molecule has 0 aliphatic heterocycles. The minimum atomic E-state index is 0.485. The van der Waals surface area contributed by atoms with E-state index in [0.29, 0.717) is 11.8 Å². The van der Waals surface area contributed by atoms with Crippen molar-refractivity contribution in [1.29, 1.82) is 0 Å². The Hall–Kier alpha value is -2.34. The fourth-order valence-electron chi connectivity index (χ4n) is 3.96. The van der Waals surface area contributed by atoms with Crippen molar-refractivity contribution in [2.24, 2.45) is 0 Å². The highest BCUT2D eigenvalue weighted by Crippen LogP contribution is 2.55. The van der Waals surface area contributed by atoms with Gasteiger partial charge in [0.1, 0.15) is 0 Å². The largest absolute Gasteiger partial charge is 0.0622 e. The van der Waals surface area contributed by atoms with Crippen LogP contribution in [0.2, 0.25) is 0 Å². The van der Waals surface area contributed by atoms with E-state index in [-0.39, 0.29) is 0 Å². The van der Waals surface area contributed by atoms with Crippen molar-refractivity contribution >= 4 is 0 Å². The van der Waals surface area contributed by atoms with E-state index in [1.54, 1.807) is 11.1 Å². The van der Waals surface area contributed by atoms with Crippen molar-refractivity contribution in [3.8, 4) is 0 Å². The molecular formula is C22H20. The van der Waals surface area contributed by atoms with E-state index in [4.69, 9.17) is 0 Å². The molecule has 22 heavy (non-hydrogen) atoms. The molecule has 0 amide bonds. The molecule has 0 radical (unpaired) electrons. The van der Waals surface area contributed by atoms with E-state index in [0.717, 1.165) is 0 Å². The van der Waals surface area contributed by atoms with Gasteiger partial charge in [0.2, 0.25) is 0 Å². The van der Waals surface area contributed by atoms with Gasteiger partial charge in [-0.1, -0.05) is 72.8 Å². The lowest BCUT2D eigenvalue weighted by molar-refractivity contribution is 0.597. The minimum absolute atomic E-state index is 0.485. The third-order valence-electron chi connectivity index (χ3n) is 5.00. The highest BCUT2D eigenvalue weighted by molar-refractivity contribution is 5.62. The van der Waals surface area contributed by atoms with Crippen LogP contribution in [0.1, 0.15) is 45.2 Å². The third kappa shape index (κ3) is 1.91. The number of aryl methyl sites for hydroxylation is 2. The predicted octanol–water partition coefficient (Wildman–Crippen LogP) is 5.58. The van der Waals surface area contributed by atoms with Gasteiger partial charge in [-0.05, 0) is 47.2 Å². The molecule has 0 bridgehead atoms. The minimum Gasteiger partial charge on any atom is -0.0622 e. The summed E-state index contributed by atoms with van der Waals surface area (Å²) in [6.07, 6.45) is 0. The molecule has 108 valence electrons. The smallest absolute Gasteiger partial charge is 0.0205 e. The average Bonchev–Trinajstić information content (AvgIpc) is 2.53. The van der Waals surface area contributed by atoms with Gasteiger partial charge >= 0.3 is 0 Å². The van der Waals surface area contributed by atoms with E-state index in [9.17, 15) is 0 Å². The zero-order valence-electron chi connectivity index (χ0n) is 13.1. The Balaban J connectivity index is 1.93. The highest BCUT2D eigenvalue weighted by atomic mass is 14.4. The highest BCUT2D eigenvalue weighted by Gasteiger charge is 2.41. The van der Waals surface area contributed by atoms with Gasteiger partial charge < -0.3 is 0 Å². The van der Waals surface area contributed by atoms with Crippen molar-refractivity contribution in [3.63, 3.8) is 0 Å². The van der Waals surface area contributed by atoms with Crippen LogP contribution in [0, 0.1) is 13.8 Å². The topological polar surface area (TPSA) is 0 Å². The second-order valence-corrected chi connectivity index (χ2v) is 6.30. The first-order chi connectivity index (χ1) is 10.8. The van der Waals surface area contributed by atoms with Gasteiger partial charge in [-0.3, -0.25) is 0 Å². The number of hydrogen-bond acceptors (Lipinski definition) is 0. The molecule has 1 aliphatic carbocycles. The summed E-state index contributed by atoms with van der Waals surface area (Å²) in [6.45, 7) is 4.49. The summed E-state index contributed by atoms with van der Waals surface area (Å²) in [5.41, 5.74) is 8.78. The summed E-state index contributed by atoms with van der Waals surface area (Å²) in [6, 6.07) is 26.4. The molecule has 0 fully saturated rings. The maximum atomic E-state index is 2.27. The van der Waals surface area contributed by atoms with E-state index >= 15 is 0 Å². The molecule has 0 spiro atoms. The molecule has 0 heteroatoms. The van der Waals surface area contributed by atoms with Gasteiger partial charge in [0.05, 0.1) is 0 Å². The van der Waals surface area contributed by atoms with Gasteiger partial charge in [-0.2, -0.15) is 0 Å². The normalized spacial score (nSPS) is 19.4. The van der Waals surface area contributed by atoms with Crippen LogP contribution in [0.15, 0.2) is 72.8 Å². The van der Waals surface area contributed by atoms with Gasteiger partial charge in [-0.25, -0.2) is 0 Å². The lowest BCUT2D eigenvalue weighted by atomic mass is 9.60. The van der Waals surface area contributed by atoms with Crippen LogP contribution in [0.25, 0.3) is 0 Å². The fraction of sp³-hybridized carbons (Fsp3) is 0.182. The fourth-order valence-corrected chi connectivity index (χ4v) is 3.96. The van der Waals surface area contributed by atoms with E-state index < -0.39 is 0 Å². The van der Waals surface area contributed by atoms with Crippen molar-refractivity contribution in [2.45, 2.75) is 25.7 Å². The lowest BCUT2D eigenvalue weighted by Gasteiger charge is -2.43. The van der Waals surface area contributed by atoms with Crippen LogP contribution in [0.3, 0.4) is 0 Å². The summed E-state index contributed by atoms with van der Waals surface area (Å²) >= 11 is 0. The van der Waals surface area contributed by atoms with Crippen LogP contribution in [-0.2, 0) is 0 Å². The summed E-state index contributed by atoms with van der Waals surface area (Å²) in [5, 5.41) is 0. The van der Waals surface area contributed by atoms with Crippen LogP contribution in [0.5, 0.6) is 0 Å². The van der Waals surface area contributed by atoms with E-state index in [2.05, 4.69) is 86.6 Å². The second-order valence-electron chi connectivity index (χ2n) is 6.30. The number of rotatable bonds is 2. The van der Waals surface area contributed by atoms with Crippen molar-refractivity contribution in [1.82, 2.24) is 0 Å². The second kappa shape index (κ2) is 5.14. The Morgan fingerprint density at radius 2 is 0.864 bits per heavy atom.